The van der Waals surface area contributed by atoms with Crippen LogP contribution < -0.4 is 10.2 Å². The van der Waals surface area contributed by atoms with Gasteiger partial charge in [-0.3, -0.25) is 4.72 Å². The summed E-state index contributed by atoms with van der Waals surface area (Å²) in [6.07, 6.45) is 1.10. The molecule has 0 bridgehead atoms. The van der Waals surface area contributed by atoms with Crippen LogP contribution in [0, 0.1) is 5.82 Å². The zero-order chi connectivity index (χ0) is 15.6. The van der Waals surface area contributed by atoms with Crippen LogP contribution in [0.25, 0.3) is 0 Å². The van der Waals surface area contributed by atoms with E-state index in [9.17, 15) is 12.8 Å². The van der Waals surface area contributed by atoms with Crippen LogP contribution in [0.5, 0.6) is 0 Å². The smallest absolute Gasteiger partial charge is 0.423 e. The molecule has 2 rings (SSSR count). The zero-order valence-electron chi connectivity index (χ0n) is 10.4. The molecule has 1 heterocycles. The fourth-order valence-corrected chi connectivity index (χ4v) is 2.76. The average Bonchev–Trinajstić information content (AvgIpc) is 2.41. The second-order valence-electron chi connectivity index (χ2n) is 4.04. The normalized spacial score (nSPS) is 11.2. The molecule has 0 atom stereocenters. The summed E-state index contributed by atoms with van der Waals surface area (Å²) in [5.41, 5.74) is -0.150. The Hall–Kier alpha value is -1.68. The highest BCUT2D eigenvalue weighted by molar-refractivity contribution is 7.92. The van der Waals surface area contributed by atoms with Gasteiger partial charge in [-0.1, -0.05) is 11.6 Å². The first-order valence-corrected chi connectivity index (χ1v) is 7.45. The molecule has 0 radical (unpaired) electrons. The van der Waals surface area contributed by atoms with E-state index in [0.29, 0.717) is 0 Å². The maximum atomic E-state index is 12.8. The minimum absolute atomic E-state index is 0.0313. The predicted molar refractivity (Wildman–Crippen MR) is 76.3 cm³/mol. The molecule has 0 aliphatic heterocycles. The largest absolute Gasteiger partial charge is 0.490 e. The molecule has 0 spiro atoms. The SMILES string of the molecule is O=S(=O)(Nc1cc(B(O)O)cnc1Cl)c1ccc(F)cc1. The highest BCUT2D eigenvalue weighted by Crippen LogP contribution is 2.21. The van der Waals surface area contributed by atoms with E-state index in [0.717, 1.165) is 36.5 Å². The number of sulfonamides is 1. The summed E-state index contributed by atoms with van der Waals surface area (Å²) >= 11 is 5.76. The first-order chi connectivity index (χ1) is 9.79. The lowest BCUT2D eigenvalue weighted by Crippen LogP contribution is -2.30. The summed E-state index contributed by atoms with van der Waals surface area (Å²) in [4.78, 5) is 3.48. The first kappa shape index (κ1) is 15.7. The zero-order valence-corrected chi connectivity index (χ0v) is 11.9. The van der Waals surface area contributed by atoms with Gasteiger partial charge in [0.2, 0.25) is 0 Å². The van der Waals surface area contributed by atoms with Crippen LogP contribution in [0.1, 0.15) is 0 Å². The molecule has 3 N–H and O–H groups in total. The molecule has 0 fully saturated rings. The third-order valence-corrected chi connectivity index (χ3v) is 4.21. The minimum Gasteiger partial charge on any atom is -0.423 e. The molecule has 2 aromatic rings. The number of hydrogen-bond acceptors (Lipinski definition) is 5. The second-order valence-corrected chi connectivity index (χ2v) is 6.08. The highest BCUT2D eigenvalue weighted by atomic mass is 35.5. The van der Waals surface area contributed by atoms with Gasteiger partial charge in [-0.15, -0.1) is 0 Å². The molecule has 6 nitrogen and oxygen atoms in total. The lowest BCUT2D eigenvalue weighted by molar-refractivity contribution is 0.425. The number of aromatic nitrogens is 1. The van der Waals surface area contributed by atoms with Crippen LogP contribution in [-0.4, -0.2) is 30.6 Å². The van der Waals surface area contributed by atoms with Crippen LogP contribution in [0.2, 0.25) is 5.15 Å². The highest BCUT2D eigenvalue weighted by Gasteiger charge is 2.19. The number of halogens is 2. The third kappa shape index (κ3) is 3.70. The van der Waals surface area contributed by atoms with Gasteiger partial charge in [0, 0.05) is 11.7 Å². The van der Waals surface area contributed by atoms with Crippen LogP contribution in [0.4, 0.5) is 10.1 Å². The van der Waals surface area contributed by atoms with Crippen molar-refractivity contribution in [1.82, 2.24) is 4.98 Å². The Bertz CT molecular complexity index is 755. The van der Waals surface area contributed by atoms with Crippen molar-refractivity contribution in [2.24, 2.45) is 0 Å². The molecular weight excluding hydrogens is 321 g/mol. The van der Waals surface area contributed by atoms with Gasteiger partial charge in [0.25, 0.3) is 10.0 Å². The van der Waals surface area contributed by atoms with E-state index >= 15 is 0 Å². The molecular formula is C11H9BClFN2O4S. The quantitative estimate of drug-likeness (QED) is 0.555. The molecule has 0 unspecified atom stereocenters. The Balaban J connectivity index is 2.36. The van der Waals surface area contributed by atoms with Crippen LogP contribution in [0.3, 0.4) is 0 Å². The first-order valence-electron chi connectivity index (χ1n) is 5.59. The molecule has 1 aromatic carbocycles. The monoisotopic (exact) mass is 330 g/mol. The third-order valence-electron chi connectivity index (χ3n) is 2.53. The number of anilines is 1. The predicted octanol–water partition coefficient (Wildman–Crippen LogP) is 0.355. The molecule has 0 saturated heterocycles. The average molecular weight is 331 g/mol. The Labute approximate surface area is 125 Å². The van der Waals surface area contributed by atoms with Gasteiger partial charge in [0.05, 0.1) is 10.6 Å². The Morgan fingerprint density at radius 2 is 1.86 bits per heavy atom. The maximum absolute atomic E-state index is 12.8. The topological polar surface area (TPSA) is 99.5 Å². The fourth-order valence-electron chi connectivity index (χ4n) is 1.49. The van der Waals surface area contributed by atoms with Crippen molar-refractivity contribution in [3.63, 3.8) is 0 Å². The Kier molecular flexibility index (Phi) is 4.47. The molecule has 0 amide bonds. The van der Waals surface area contributed by atoms with Gasteiger partial charge in [0.1, 0.15) is 5.82 Å². The summed E-state index contributed by atoms with van der Waals surface area (Å²) in [5.74, 6) is -0.570. The van der Waals surface area contributed by atoms with Crippen molar-refractivity contribution in [2.75, 3.05) is 4.72 Å². The van der Waals surface area contributed by atoms with Crippen molar-refractivity contribution in [3.8, 4) is 0 Å². The molecule has 110 valence electrons. The van der Waals surface area contributed by atoms with E-state index in [-0.39, 0.29) is 21.2 Å². The Morgan fingerprint density at radius 3 is 2.43 bits per heavy atom. The van der Waals surface area contributed by atoms with Gasteiger partial charge in [-0.05, 0) is 30.3 Å². The minimum atomic E-state index is -4.00. The maximum Gasteiger partial charge on any atom is 0.490 e. The van der Waals surface area contributed by atoms with Crippen molar-refractivity contribution in [3.05, 3.63) is 47.5 Å². The molecule has 0 aliphatic carbocycles. The fraction of sp³-hybridized carbons (Fsp3) is 0. The van der Waals surface area contributed by atoms with E-state index in [1.165, 1.54) is 0 Å². The van der Waals surface area contributed by atoms with Crippen LogP contribution in [-0.2, 0) is 10.0 Å². The summed E-state index contributed by atoms with van der Waals surface area (Å²) < 4.78 is 39.2. The number of hydrogen-bond donors (Lipinski definition) is 3. The van der Waals surface area contributed by atoms with E-state index in [4.69, 9.17) is 21.6 Å². The molecule has 0 saturated carbocycles. The summed E-state index contributed by atoms with van der Waals surface area (Å²) in [7, 11) is -5.82. The molecule has 10 heteroatoms. The van der Waals surface area contributed by atoms with E-state index in [1.807, 2.05) is 0 Å². The number of rotatable bonds is 4. The Morgan fingerprint density at radius 1 is 1.24 bits per heavy atom. The van der Waals surface area contributed by atoms with Crippen LogP contribution in [0.15, 0.2) is 41.4 Å². The van der Waals surface area contributed by atoms with Gasteiger partial charge < -0.3 is 10.0 Å². The molecule has 21 heavy (non-hydrogen) atoms. The van der Waals surface area contributed by atoms with Crippen molar-refractivity contribution < 1.29 is 22.9 Å². The molecule has 0 aliphatic rings. The number of pyridine rings is 1. The van der Waals surface area contributed by atoms with Crippen molar-refractivity contribution in [2.45, 2.75) is 4.90 Å². The standard InChI is InChI=1S/C11H9BClFN2O4S/c13-11-10(5-7(6-15-11)12(17)18)16-21(19,20)9-3-1-8(14)2-4-9/h1-6,16-18H. The number of nitrogens with one attached hydrogen (secondary N) is 1. The molecule has 1 aromatic heterocycles. The summed E-state index contributed by atoms with van der Waals surface area (Å²) in [6.45, 7) is 0. The van der Waals surface area contributed by atoms with Crippen molar-refractivity contribution >= 4 is 39.9 Å². The van der Waals surface area contributed by atoms with E-state index in [2.05, 4.69) is 9.71 Å². The number of benzene rings is 1. The van der Waals surface area contributed by atoms with Gasteiger partial charge >= 0.3 is 7.12 Å². The second kappa shape index (κ2) is 5.98. The van der Waals surface area contributed by atoms with Gasteiger partial charge in [-0.2, -0.15) is 0 Å². The number of nitrogens with zero attached hydrogens (tertiary/aromatic N) is 1. The van der Waals surface area contributed by atoms with Gasteiger partial charge in [0.15, 0.2) is 5.15 Å². The summed E-state index contributed by atoms with van der Waals surface area (Å²) in [6, 6.07) is 5.32. The lowest BCUT2D eigenvalue weighted by Gasteiger charge is -2.10. The van der Waals surface area contributed by atoms with Crippen molar-refractivity contribution in [1.29, 1.82) is 0 Å². The summed E-state index contributed by atoms with van der Waals surface area (Å²) in [5, 5.41) is 17.9. The van der Waals surface area contributed by atoms with E-state index in [1.54, 1.807) is 0 Å². The lowest BCUT2D eigenvalue weighted by atomic mass is 9.81. The van der Waals surface area contributed by atoms with E-state index < -0.39 is 23.0 Å². The van der Waals surface area contributed by atoms with Crippen LogP contribution >= 0.6 is 11.6 Å². The van der Waals surface area contributed by atoms with Gasteiger partial charge in [-0.25, -0.2) is 17.8 Å².